The van der Waals surface area contributed by atoms with Crippen LogP contribution in [0, 0.1) is 0 Å². The maximum atomic E-state index is 10.5. The summed E-state index contributed by atoms with van der Waals surface area (Å²) in [5.41, 5.74) is 0. The van der Waals surface area contributed by atoms with Crippen LogP contribution in [0.5, 0.6) is 5.75 Å². The molecule has 1 aromatic heterocycles. The van der Waals surface area contributed by atoms with Gasteiger partial charge in [0.25, 0.3) is 0 Å². The van der Waals surface area contributed by atoms with Crippen LogP contribution in [0.2, 0.25) is 5.02 Å². The number of aldehydes is 1. The lowest BCUT2D eigenvalue weighted by Gasteiger charge is -1.94. The van der Waals surface area contributed by atoms with E-state index in [1.54, 1.807) is 12.1 Å². The van der Waals surface area contributed by atoms with Crippen LogP contribution in [0.15, 0.2) is 18.2 Å². The molecule has 0 saturated heterocycles. The van der Waals surface area contributed by atoms with Crippen molar-refractivity contribution in [1.29, 1.82) is 0 Å². The fraction of sp³-hybridized carbons (Fsp3) is 0. The Kier molecular flexibility index (Phi) is 1.98. The highest BCUT2D eigenvalue weighted by Gasteiger charge is 2.06. The number of carbonyl (C=O) groups is 1. The van der Waals surface area contributed by atoms with Gasteiger partial charge in [0, 0.05) is 0 Å². The molecular weight excluding hydrogens is 208 g/mol. The number of rotatable bonds is 1. The lowest BCUT2D eigenvalue weighted by Crippen LogP contribution is -1.66. The minimum absolute atomic E-state index is 0.118. The molecule has 0 bridgehead atoms. The molecule has 2 rings (SSSR count). The maximum Gasteiger partial charge on any atom is 0.160 e. The summed E-state index contributed by atoms with van der Waals surface area (Å²) >= 11 is 7.19. The van der Waals surface area contributed by atoms with Crippen molar-refractivity contribution in [2.24, 2.45) is 0 Å². The highest BCUT2D eigenvalue weighted by Crippen LogP contribution is 2.34. The molecule has 0 fully saturated rings. The highest BCUT2D eigenvalue weighted by atomic mass is 35.5. The summed E-state index contributed by atoms with van der Waals surface area (Å²) in [6, 6.07) is 4.76. The van der Waals surface area contributed by atoms with Crippen molar-refractivity contribution in [3.63, 3.8) is 0 Å². The topological polar surface area (TPSA) is 37.3 Å². The van der Waals surface area contributed by atoms with Crippen LogP contribution in [0.3, 0.4) is 0 Å². The minimum atomic E-state index is 0.118. The van der Waals surface area contributed by atoms with Crippen molar-refractivity contribution in [3.05, 3.63) is 28.1 Å². The van der Waals surface area contributed by atoms with E-state index in [4.69, 9.17) is 11.6 Å². The first-order chi connectivity index (χ1) is 6.20. The number of hydrogen-bond acceptors (Lipinski definition) is 3. The van der Waals surface area contributed by atoms with Gasteiger partial charge in [0.2, 0.25) is 0 Å². The van der Waals surface area contributed by atoms with E-state index < -0.39 is 0 Å². The van der Waals surface area contributed by atoms with Gasteiger partial charge in [-0.05, 0) is 23.6 Å². The molecule has 4 heteroatoms. The Morgan fingerprint density at radius 1 is 1.38 bits per heavy atom. The molecule has 0 aliphatic rings. The molecule has 0 aliphatic carbocycles. The molecule has 0 saturated carbocycles. The summed E-state index contributed by atoms with van der Waals surface area (Å²) in [4.78, 5) is 11.1. The van der Waals surface area contributed by atoms with E-state index in [2.05, 4.69) is 0 Å². The van der Waals surface area contributed by atoms with Gasteiger partial charge in [0.15, 0.2) is 6.29 Å². The third-order valence-electron chi connectivity index (χ3n) is 1.69. The van der Waals surface area contributed by atoms with Gasteiger partial charge in [-0.1, -0.05) is 11.6 Å². The smallest absolute Gasteiger partial charge is 0.160 e. The van der Waals surface area contributed by atoms with E-state index in [0.717, 1.165) is 16.4 Å². The Morgan fingerprint density at radius 3 is 2.85 bits per heavy atom. The first kappa shape index (κ1) is 8.53. The minimum Gasteiger partial charge on any atom is -0.508 e. The Balaban J connectivity index is 2.82. The number of thiophene rings is 1. The number of fused-ring (bicyclic) bond motifs is 1. The van der Waals surface area contributed by atoms with E-state index in [1.165, 1.54) is 17.4 Å². The zero-order valence-electron chi connectivity index (χ0n) is 6.45. The fourth-order valence-corrected chi connectivity index (χ4v) is 2.37. The average molecular weight is 213 g/mol. The number of halogens is 1. The van der Waals surface area contributed by atoms with Crippen molar-refractivity contribution in [3.8, 4) is 5.75 Å². The monoisotopic (exact) mass is 212 g/mol. The van der Waals surface area contributed by atoms with E-state index in [0.29, 0.717) is 9.90 Å². The summed E-state index contributed by atoms with van der Waals surface area (Å²) in [6.07, 6.45) is 0.776. The van der Waals surface area contributed by atoms with E-state index in [1.807, 2.05) is 0 Å². The molecule has 66 valence electrons. The van der Waals surface area contributed by atoms with Crippen molar-refractivity contribution < 1.29 is 9.90 Å². The Morgan fingerprint density at radius 2 is 2.15 bits per heavy atom. The van der Waals surface area contributed by atoms with E-state index >= 15 is 0 Å². The molecule has 1 heterocycles. The third kappa shape index (κ3) is 1.41. The Bertz CT molecular complexity index is 476. The first-order valence-corrected chi connectivity index (χ1v) is 4.77. The maximum absolute atomic E-state index is 10.5. The summed E-state index contributed by atoms with van der Waals surface area (Å²) in [7, 11) is 0. The predicted octanol–water partition coefficient (Wildman–Crippen LogP) is 3.07. The van der Waals surface area contributed by atoms with Gasteiger partial charge in [-0.3, -0.25) is 4.79 Å². The summed E-state index contributed by atoms with van der Waals surface area (Å²) in [5, 5.41) is 10.5. The second-order valence-corrected chi connectivity index (χ2v) is 4.10. The molecule has 2 aromatic rings. The van der Waals surface area contributed by atoms with Gasteiger partial charge in [-0.15, -0.1) is 11.3 Å². The highest BCUT2D eigenvalue weighted by molar-refractivity contribution is 7.21. The van der Waals surface area contributed by atoms with E-state index in [-0.39, 0.29) is 5.75 Å². The SMILES string of the molecule is O=Cc1cc2cc(O)cc(Cl)c2s1. The van der Waals surface area contributed by atoms with Gasteiger partial charge < -0.3 is 5.11 Å². The molecule has 0 radical (unpaired) electrons. The lowest BCUT2D eigenvalue weighted by molar-refractivity contribution is 0.112. The number of aromatic hydroxyl groups is 1. The van der Waals surface area contributed by atoms with Crippen LogP contribution >= 0.6 is 22.9 Å². The predicted molar refractivity (Wildman–Crippen MR) is 53.9 cm³/mol. The number of phenols is 1. The van der Waals surface area contributed by atoms with E-state index in [9.17, 15) is 9.90 Å². The van der Waals surface area contributed by atoms with Crippen molar-refractivity contribution >= 4 is 39.3 Å². The number of phenolic OH excluding ortho intramolecular Hbond substituents is 1. The summed E-state index contributed by atoms with van der Waals surface area (Å²) < 4.78 is 0.835. The quantitative estimate of drug-likeness (QED) is 0.738. The molecule has 1 aromatic carbocycles. The standard InChI is InChI=1S/C9H5ClO2S/c10-8-3-6(12)1-5-2-7(4-11)13-9(5)8/h1-4,12H. The normalized spacial score (nSPS) is 10.5. The summed E-state index contributed by atoms with van der Waals surface area (Å²) in [5.74, 6) is 0.118. The lowest BCUT2D eigenvalue weighted by atomic mass is 10.2. The number of benzene rings is 1. The van der Waals surface area contributed by atoms with Crippen LogP contribution < -0.4 is 0 Å². The first-order valence-electron chi connectivity index (χ1n) is 3.58. The fourth-order valence-electron chi connectivity index (χ4n) is 1.17. The zero-order chi connectivity index (χ0) is 9.42. The number of carbonyl (C=O) groups excluding carboxylic acids is 1. The van der Waals surface area contributed by atoms with Crippen LogP contribution in [-0.4, -0.2) is 11.4 Å². The molecule has 13 heavy (non-hydrogen) atoms. The van der Waals surface area contributed by atoms with Crippen molar-refractivity contribution in [2.75, 3.05) is 0 Å². The van der Waals surface area contributed by atoms with Gasteiger partial charge in [0.05, 0.1) is 14.6 Å². The van der Waals surface area contributed by atoms with Crippen LogP contribution in [0.4, 0.5) is 0 Å². The Labute approximate surface area is 83.4 Å². The van der Waals surface area contributed by atoms with Crippen LogP contribution in [0.1, 0.15) is 9.67 Å². The van der Waals surface area contributed by atoms with Crippen LogP contribution in [-0.2, 0) is 0 Å². The second kappa shape index (κ2) is 3.01. The molecule has 0 amide bonds. The molecular formula is C9H5ClO2S. The molecule has 2 nitrogen and oxygen atoms in total. The van der Waals surface area contributed by atoms with Gasteiger partial charge in [0.1, 0.15) is 5.75 Å². The molecule has 0 atom stereocenters. The third-order valence-corrected chi connectivity index (χ3v) is 3.21. The number of hydrogen-bond donors (Lipinski definition) is 1. The van der Waals surface area contributed by atoms with Crippen molar-refractivity contribution in [2.45, 2.75) is 0 Å². The molecule has 0 aliphatic heterocycles. The van der Waals surface area contributed by atoms with Crippen molar-refractivity contribution in [1.82, 2.24) is 0 Å². The molecule has 0 spiro atoms. The molecule has 1 N–H and O–H groups in total. The summed E-state index contributed by atoms with van der Waals surface area (Å²) in [6.45, 7) is 0. The Hall–Kier alpha value is -1.06. The van der Waals surface area contributed by atoms with Gasteiger partial charge >= 0.3 is 0 Å². The zero-order valence-corrected chi connectivity index (χ0v) is 8.02. The largest absolute Gasteiger partial charge is 0.508 e. The van der Waals surface area contributed by atoms with Gasteiger partial charge in [-0.2, -0.15) is 0 Å². The average Bonchev–Trinajstić information content (AvgIpc) is 2.47. The second-order valence-electron chi connectivity index (χ2n) is 2.61. The van der Waals surface area contributed by atoms with Gasteiger partial charge in [-0.25, -0.2) is 0 Å². The van der Waals surface area contributed by atoms with Crippen LogP contribution in [0.25, 0.3) is 10.1 Å². The molecule has 0 unspecified atom stereocenters.